The summed E-state index contributed by atoms with van der Waals surface area (Å²) < 4.78 is 64.9. The van der Waals surface area contributed by atoms with Crippen molar-refractivity contribution in [2.45, 2.75) is 41.5 Å². The molecule has 0 unspecified atom stereocenters. The topological polar surface area (TPSA) is 230 Å². The van der Waals surface area contributed by atoms with Gasteiger partial charge in [0.25, 0.3) is 15.7 Å². The maximum Gasteiger partial charge on any atom is 0.415 e. The molecule has 2 atom stereocenters. The smallest absolute Gasteiger partial charge is 0.415 e. The van der Waals surface area contributed by atoms with Gasteiger partial charge in [-0.3, -0.25) is 19.2 Å². The summed E-state index contributed by atoms with van der Waals surface area (Å²) in [5.41, 5.74) is 4.06. The first-order valence-electron chi connectivity index (χ1n) is 19.1. The minimum Gasteiger partial charge on any atom is -0.454 e. The number of urea groups is 1. The molecule has 3 amide bonds. The number of imide groups is 1. The van der Waals surface area contributed by atoms with Gasteiger partial charge in [0.2, 0.25) is 6.79 Å². The van der Waals surface area contributed by atoms with Crippen LogP contribution < -0.4 is 19.1 Å². The SMILES string of the molecule is O=C1[C@@H]2Cc3c([nH]c4ccccc34)[C@@H](c3ccc4c(c3)OCO4)N2C(=O)N1Cc1cn(CCOCCOCCOCCOc2no[n+]([O-])c2S(=O)(=O)c2ccccc2)nn1. The molecule has 0 spiro atoms. The lowest BCUT2D eigenvalue weighted by Crippen LogP contribution is -2.44. The van der Waals surface area contributed by atoms with Crippen molar-refractivity contribution in [1.29, 1.82) is 0 Å². The molecule has 1 fully saturated rings. The van der Waals surface area contributed by atoms with Crippen LogP contribution in [0.5, 0.6) is 17.4 Å². The third kappa shape index (κ3) is 7.46. The van der Waals surface area contributed by atoms with E-state index in [0.29, 0.717) is 50.0 Å². The Bertz CT molecular complexity index is 2630. The van der Waals surface area contributed by atoms with Gasteiger partial charge in [0, 0.05) is 23.0 Å². The highest BCUT2D eigenvalue weighted by atomic mass is 32.2. The zero-order valence-electron chi connectivity index (χ0n) is 31.9. The van der Waals surface area contributed by atoms with Crippen LogP contribution in [0.1, 0.15) is 28.6 Å². The first-order valence-corrected chi connectivity index (χ1v) is 20.5. The lowest BCUT2D eigenvalue weighted by Gasteiger charge is -2.36. The van der Waals surface area contributed by atoms with E-state index in [0.717, 1.165) is 27.7 Å². The number of ether oxygens (including phenoxy) is 6. The van der Waals surface area contributed by atoms with Crippen molar-refractivity contribution in [2.75, 3.05) is 53.0 Å². The zero-order chi connectivity index (χ0) is 41.2. The summed E-state index contributed by atoms with van der Waals surface area (Å²) in [5, 5.41) is 24.1. The first kappa shape index (κ1) is 38.9. The standard InChI is InChI=1S/C39H38N8O12S/c48-37-31-21-29-28-8-4-5-9-30(28)40-34(29)35(25-10-11-32-33(20-25)58-24-57-32)46(31)39(49)45(37)23-26-22-44(43-41-26)12-13-53-14-15-54-16-17-55-18-19-56-36-38(47(50)59-42-36)60(51,52)27-6-2-1-3-7-27/h1-11,20,22,31,35,40H,12-19,21,23-24H2/t31-,35+/m0/s1. The third-order valence-electron chi connectivity index (χ3n) is 10.3. The van der Waals surface area contributed by atoms with E-state index in [-0.39, 0.29) is 55.5 Å². The van der Waals surface area contributed by atoms with Crippen molar-refractivity contribution in [1.82, 2.24) is 34.9 Å². The number of fused-ring (bicyclic) bond motifs is 5. The Balaban J connectivity index is 0.711. The van der Waals surface area contributed by atoms with Gasteiger partial charge < -0.3 is 38.6 Å². The number of benzene rings is 3. The molecule has 1 saturated heterocycles. The predicted octanol–water partition coefficient (Wildman–Crippen LogP) is 2.55. The Kier molecular flexibility index (Phi) is 10.8. The molecule has 0 aliphatic carbocycles. The van der Waals surface area contributed by atoms with Crippen molar-refractivity contribution in [3.05, 3.63) is 107 Å². The molecular weight excluding hydrogens is 805 g/mol. The maximum atomic E-state index is 14.2. The Morgan fingerprint density at radius 2 is 1.62 bits per heavy atom. The summed E-state index contributed by atoms with van der Waals surface area (Å²) in [5.74, 6) is 0.456. The number of hydrogen-bond acceptors (Lipinski definition) is 15. The van der Waals surface area contributed by atoms with Gasteiger partial charge >= 0.3 is 16.9 Å². The van der Waals surface area contributed by atoms with Crippen molar-refractivity contribution in [2.24, 2.45) is 0 Å². The first-order chi connectivity index (χ1) is 29.3. The van der Waals surface area contributed by atoms with E-state index in [9.17, 15) is 23.2 Å². The molecule has 0 radical (unpaired) electrons. The summed E-state index contributed by atoms with van der Waals surface area (Å²) in [4.78, 5) is 34.3. The number of nitrogens with one attached hydrogen (secondary N) is 1. The van der Waals surface area contributed by atoms with Gasteiger partial charge in [-0.2, -0.15) is 0 Å². The Morgan fingerprint density at radius 1 is 0.883 bits per heavy atom. The van der Waals surface area contributed by atoms with E-state index in [2.05, 4.69) is 25.1 Å². The number of para-hydroxylation sites is 1. The number of rotatable bonds is 18. The van der Waals surface area contributed by atoms with Gasteiger partial charge in [0.15, 0.2) is 11.5 Å². The van der Waals surface area contributed by atoms with Gasteiger partial charge in [0.1, 0.15) is 24.4 Å². The fourth-order valence-corrected chi connectivity index (χ4v) is 8.82. The molecule has 0 saturated carbocycles. The normalized spacial score (nSPS) is 17.1. The highest BCUT2D eigenvalue weighted by molar-refractivity contribution is 7.91. The lowest BCUT2D eigenvalue weighted by atomic mass is 9.88. The maximum absolute atomic E-state index is 14.2. The average Bonchev–Trinajstić information content (AvgIpc) is 4.10. The van der Waals surface area contributed by atoms with Crippen molar-refractivity contribution in [3.8, 4) is 17.4 Å². The van der Waals surface area contributed by atoms with Crippen molar-refractivity contribution in [3.63, 3.8) is 0 Å². The van der Waals surface area contributed by atoms with Gasteiger partial charge in [-0.1, -0.05) is 47.7 Å². The molecule has 9 rings (SSSR count). The molecule has 21 heteroatoms. The van der Waals surface area contributed by atoms with E-state index in [4.69, 9.17) is 28.4 Å². The molecule has 60 heavy (non-hydrogen) atoms. The molecule has 6 aromatic rings. The summed E-state index contributed by atoms with van der Waals surface area (Å²) >= 11 is 0. The lowest BCUT2D eigenvalue weighted by molar-refractivity contribution is -0.832. The monoisotopic (exact) mass is 842 g/mol. The molecule has 3 aliphatic heterocycles. The van der Waals surface area contributed by atoms with Crippen LogP contribution in [0.15, 0.2) is 93.5 Å². The van der Waals surface area contributed by atoms with Gasteiger partial charge in [0.05, 0.1) is 69.0 Å². The van der Waals surface area contributed by atoms with Gasteiger partial charge in [-0.25, -0.2) is 17.9 Å². The van der Waals surface area contributed by atoms with Crippen LogP contribution >= 0.6 is 0 Å². The van der Waals surface area contributed by atoms with Crippen LogP contribution in [0.3, 0.4) is 0 Å². The Labute approximate surface area is 341 Å². The summed E-state index contributed by atoms with van der Waals surface area (Å²) in [6.07, 6.45) is 2.06. The van der Waals surface area contributed by atoms with Crippen LogP contribution in [-0.4, -0.2) is 114 Å². The molecule has 312 valence electrons. The largest absolute Gasteiger partial charge is 0.454 e. The number of H-pyrrole nitrogens is 1. The molecule has 20 nitrogen and oxygen atoms in total. The zero-order valence-corrected chi connectivity index (χ0v) is 32.7. The van der Waals surface area contributed by atoms with E-state index in [1.807, 2.05) is 42.5 Å². The number of carbonyl (C=O) groups is 2. The van der Waals surface area contributed by atoms with E-state index >= 15 is 0 Å². The van der Waals surface area contributed by atoms with Crippen LogP contribution in [0, 0.1) is 5.21 Å². The molecule has 3 aromatic carbocycles. The minimum absolute atomic E-state index is 0.0341. The second-order valence-electron chi connectivity index (χ2n) is 13.9. The van der Waals surface area contributed by atoms with Crippen LogP contribution in [0.2, 0.25) is 0 Å². The number of aromatic nitrogens is 6. The third-order valence-corrected chi connectivity index (χ3v) is 12.0. The van der Waals surface area contributed by atoms with Gasteiger partial charge in [-0.05, 0) is 46.4 Å². The van der Waals surface area contributed by atoms with Crippen LogP contribution in [0.4, 0.5) is 4.79 Å². The summed E-state index contributed by atoms with van der Waals surface area (Å²) in [6, 6.07) is 19.3. The highest BCUT2D eigenvalue weighted by Crippen LogP contribution is 2.46. The number of amides is 3. The fourth-order valence-electron chi connectivity index (χ4n) is 7.52. The van der Waals surface area contributed by atoms with Crippen molar-refractivity contribution < 1.29 is 56.0 Å². The van der Waals surface area contributed by atoms with E-state index in [1.165, 1.54) is 29.2 Å². The summed E-state index contributed by atoms with van der Waals surface area (Å²) in [7, 11) is -4.21. The number of nitrogens with zero attached hydrogens (tertiary/aromatic N) is 7. The second-order valence-corrected chi connectivity index (χ2v) is 15.8. The Hall–Kier alpha value is -6.55. The highest BCUT2D eigenvalue weighted by Gasteiger charge is 2.53. The van der Waals surface area contributed by atoms with Gasteiger partial charge in [-0.15, -0.1) is 5.10 Å². The minimum atomic E-state index is -4.21. The summed E-state index contributed by atoms with van der Waals surface area (Å²) in [6.45, 7) is 1.86. The molecule has 1 N–H and O–H groups in total. The second kappa shape index (κ2) is 16.6. The molecular formula is C39H38N8O12S. The fraction of sp³-hybridized carbons (Fsp3) is 0.333. The Morgan fingerprint density at radius 3 is 2.43 bits per heavy atom. The number of carbonyl (C=O) groups excluding carboxylic acids is 2. The average molecular weight is 843 g/mol. The van der Waals surface area contributed by atoms with Crippen LogP contribution in [-0.2, 0) is 48.4 Å². The number of hydrogen-bond donors (Lipinski definition) is 1. The molecule has 6 heterocycles. The number of sulfone groups is 1. The van der Waals surface area contributed by atoms with Crippen LogP contribution in [0.25, 0.3) is 10.9 Å². The molecule has 3 aromatic heterocycles. The van der Waals surface area contributed by atoms with E-state index in [1.54, 1.807) is 21.8 Å². The molecule has 0 bridgehead atoms. The number of aromatic amines is 1. The molecule has 3 aliphatic rings. The predicted molar refractivity (Wildman–Crippen MR) is 203 cm³/mol. The quantitative estimate of drug-likeness (QED) is 0.0745. The van der Waals surface area contributed by atoms with Crippen molar-refractivity contribution >= 4 is 32.7 Å². The van der Waals surface area contributed by atoms with E-state index < -0.39 is 38.9 Å².